The number of rotatable bonds is 4. The molecule has 2 aliphatic rings. The molecule has 4 rings (SSSR count). The molecular formula is C21H20N2O5. The highest BCUT2D eigenvalue weighted by Gasteiger charge is 2.31. The van der Waals surface area contributed by atoms with E-state index in [2.05, 4.69) is 11.9 Å². The summed E-state index contributed by atoms with van der Waals surface area (Å²) >= 11 is 0. The molecule has 144 valence electrons. The predicted octanol–water partition coefficient (Wildman–Crippen LogP) is 3.36. The zero-order valence-electron chi connectivity index (χ0n) is 15.7. The number of carbonyl (C=O) groups is 2. The van der Waals surface area contributed by atoms with Gasteiger partial charge in [-0.25, -0.2) is 0 Å². The van der Waals surface area contributed by atoms with Crippen molar-refractivity contribution in [1.29, 1.82) is 0 Å². The number of hydrogen-bond acceptors (Lipinski definition) is 5. The van der Waals surface area contributed by atoms with Crippen LogP contribution in [-0.2, 0) is 4.79 Å². The second kappa shape index (κ2) is 6.92. The Kier molecular flexibility index (Phi) is 4.43. The monoisotopic (exact) mass is 380 g/mol. The fraction of sp³-hybridized carbons (Fsp3) is 0.238. The van der Waals surface area contributed by atoms with Crippen LogP contribution in [0, 0.1) is 0 Å². The van der Waals surface area contributed by atoms with Crippen molar-refractivity contribution in [3.8, 4) is 17.2 Å². The summed E-state index contributed by atoms with van der Waals surface area (Å²) in [5.74, 6) is 1.31. The van der Waals surface area contributed by atoms with E-state index < -0.39 is 6.10 Å². The first-order valence-corrected chi connectivity index (χ1v) is 8.90. The average molecular weight is 380 g/mol. The van der Waals surface area contributed by atoms with Gasteiger partial charge in [-0.1, -0.05) is 12.2 Å². The van der Waals surface area contributed by atoms with Gasteiger partial charge < -0.3 is 24.4 Å². The van der Waals surface area contributed by atoms with Crippen molar-refractivity contribution in [1.82, 2.24) is 0 Å². The molecule has 0 saturated heterocycles. The molecule has 0 fully saturated rings. The third-order valence-electron chi connectivity index (χ3n) is 4.49. The summed E-state index contributed by atoms with van der Waals surface area (Å²) in [6.07, 6.45) is -0.605. The van der Waals surface area contributed by atoms with E-state index in [1.54, 1.807) is 48.2 Å². The lowest BCUT2D eigenvalue weighted by Crippen LogP contribution is -2.45. The lowest BCUT2D eigenvalue weighted by atomic mass is 10.1. The molecule has 7 heteroatoms. The number of anilines is 2. The molecule has 1 unspecified atom stereocenters. The van der Waals surface area contributed by atoms with Crippen LogP contribution in [0.4, 0.5) is 11.4 Å². The highest BCUT2D eigenvalue weighted by Crippen LogP contribution is 2.37. The minimum Gasteiger partial charge on any atom is -0.479 e. The Bertz CT molecular complexity index is 985. The minimum absolute atomic E-state index is 0.118. The molecule has 0 aliphatic carbocycles. The third-order valence-corrected chi connectivity index (χ3v) is 4.49. The summed E-state index contributed by atoms with van der Waals surface area (Å²) < 4.78 is 16.3. The van der Waals surface area contributed by atoms with Crippen LogP contribution in [0.2, 0.25) is 0 Å². The quantitative estimate of drug-likeness (QED) is 0.823. The highest BCUT2D eigenvalue weighted by molar-refractivity contribution is 6.05. The van der Waals surface area contributed by atoms with Crippen molar-refractivity contribution in [3.05, 3.63) is 54.1 Å². The van der Waals surface area contributed by atoms with E-state index >= 15 is 0 Å². The van der Waals surface area contributed by atoms with Gasteiger partial charge in [0.15, 0.2) is 17.6 Å². The van der Waals surface area contributed by atoms with E-state index in [4.69, 9.17) is 14.2 Å². The molecule has 0 bridgehead atoms. The van der Waals surface area contributed by atoms with E-state index in [1.807, 2.05) is 6.92 Å². The first-order chi connectivity index (χ1) is 13.4. The van der Waals surface area contributed by atoms with E-state index in [1.165, 1.54) is 0 Å². The van der Waals surface area contributed by atoms with Crippen LogP contribution in [0.5, 0.6) is 17.2 Å². The molecule has 1 N–H and O–H groups in total. The van der Waals surface area contributed by atoms with Crippen molar-refractivity contribution >= 4 is 23.2 Å². The van der Waals surface area contributed by atoms with Gasteiger partial charge in [0.25, 0.3) is 11.8 Å². The molecule has 1 atom stereocenters. The Labute approximate surface area is 162 Å². The molecule has 0 radical (unpaired) electrons. The van der Waals surface area contributed by atoms with Crippen molar-refractivity contribution in [2.75, 3.05) is 23.6 Å². The van der Waals surface area contributed by atoms with Crippen molar-refractivity contribution in [2.24, 2.45) is 0 Å². The van der Waals surface area contributed by atoms with Gasteiger partial charge in [-0.05, 0) is 44.2 Å². The van der Waals surface area contributed by atoms with Crippen LogP contribution in [-0.4, -0.2) is 31.3 Å². The van der Waals surface area contributed by atoms with Gasteiger partial charge in [0.1, 0.15) is 5.75 Å². The lowest BCUT2D eigenvalue weighted by Gasteiger charge is -2.33. The fourth-order valence-corrected chi connectivity index (χ4v) is 3.16. The molecule has 2 aromatic rings. The number of fused-ring (bicyclic) bond motifs is 2. The summed E-state index contributed by atoms with van der Waals surface area (Å²) in [6.45, 7) is 8.03. The molecule has 2 aromatic carbocycles. The lowest BCUT2D eigenvalue weighted by molar-refractivity contribution is -0.125. The molecular weight excluding hydrogens is 360 g/mol. The van der Waals surface area contributed by atoms with Gasteiger partial charge in [0.2, 0.25) is 6.79 Å². The van der Waals surface area contributed by atoms with Gasteiger partial charge in [-0.3, -0.25) is 9.59 Å². The summed E-state index contributed by atoms with van der Waals surface area (Å²) in [5.41, 5.74) is 2.55. The maximum absolute atomic E-state index is 12.6. The number of carbonyl (C=O) groups excluding carboxylic acids is 2. The van der Waals surface area contributed by atoms with Crippen molar-refractivity contribution < 1.29 is 23.8 Å². The second-order valence-electron chi connectivity index (χ2n) is 6.85. The highest BCUT2D eigenvalue weighted by atomic mass is 16.7. The normalized spacial score (nSPS) is 17.0. The summed E-state index contributed by atoms with van der Waals surface area (Å²) in [5, 5.41) is 2.84. The van der Waals surface area contributed by atoms with Crippen LogP contribution in [0.1, 0.15) is 24.2 Å². The van der Waals surface area contributed by atoms with Crippen molar-refractivity contribution in [2.45, 2.75) is 20.0 Å². The van der Waals surface area contributed by atoms with Crippen molar-refractivity contribution in [3.63, 3.8) is 0 Å². The van der Waals surface area contributed by atoms with E-state index in [0.29, 0.717) is 40.7 Å². The zero-order valence-corrected chi connectivity index (χ0v) is 15.7. The number of nitrogens with one attached hydrogen (secondary N) is 1. The minimum atomic E-state index is -0.605. The molecule has 0 spiro atoms. The molecule has 7 nitrogen and oxygen atoms in total. The molecule has 2 aliphatic heterocycles. The molecule has 0 saturated carbocycles. The fourth-order valence-electron chi connectivity index (χ4n) is 3.16. The van der Waals surface area contributed by atoms with Crippen LogP contribution in [0.25, 0.3) is 0 Å². The Balaban J connectivity index is 1.57. The predicted molar refractivity (Wildman–Crippen MR) is 104 cm³/mol. The number of amides is 2. The topological polar surface area (TPSA) is 77.1 Å². The average Bonchev–Trinajstić information content (AvgIpc) is 3.12. The van der Waals surface area contributed by atoms with E-state index in [0.717, 1.165) is 5.57 Å². The van der Waals surface area contributed by atoms with E-state index in [-0.39, 0.29) is 18.6 Å². The third kappa shape index (κ3) is 3.26. The largest absolute Gasteiger partial charge is 0.479 e. The van der Waals surface area contributed by atoms with Gasteiger partial charge in [-0.2, -0.15) is 0 Å². The Morgan fingerprint density at radius 3 is 2.75 bits per heavy atom. The molecule has 2 amide bonds. The standard InChI is InChI=1S/C21H20N2O5/c1-12(2)10-23-16-6-5-15(9-18(16)28-13(3)21(23)25)22-20(24)14-4-7-17-19(8-14)27-11-26-17/h4-9,13H,1,10-11H2,2-3H3,(H,22,24). The van der Waals surface area contributed by atoms with Gasteiger partial charge in [0.05, 0.1) is 5.69 Å². The van der Waals surface area contributed by atoms with Crippen LogP contribution in [0.15, 0.2) is 48.6 Å². The second-order valence-corrected chi connectivity index (χ2v) is 6.85. The summed E-state index contributed by atoms with van der Waals surface area (Å²) in [7, 11) is 0. The molecule has 0 aromatic heterocycles. The maximum Gasteiger partial charge on any atom is 0.268 e. The Morgan fingerprint density at radius 2 is 1.96 bits per heavy atom. The van der Waals surface area contributed by atoms with Gasteiger partial charge >= 0.3 is 0 Å². The molecule has 28 heavy (non-hydrogen) atoms. The Morgan fingerprint density at radius 1 is 1.18 bits per heavy atom. The summed E-state index contributed by atoms with van der Waals surface area (Å²) in [4.78, 5) is 26.7. The maximum atomic E-state index is 12.6. The van der Waals surface area contributed by atoms with Crippen LogP contribution >= 0.6 is 0 Å². The summed E-state index contributed by atoms with van der Waals surface area (Å²) in [6, 6.07) is 10.2. The number of hydrogen-bond donors (Lipinski definition) is 1. The van der Waals surface area contributed by atoms with Crippen LogP contribution in [0.3, 0.4) is 0 Å². The number of benzene rings is 2. The van der Waals surface area contributed by atoms with Crippen LogP contribution < -0.4 is 24.4 Å². The zero-order chi connectivity index (χ0) is 19.8. The van der Waals surface area contributed by atoms with Gasteiger partial charge in [0, 0.05) is 23.9 Å². The number of ether oxygens (including phenoxy) is 3. The SMILES string of the molecule is C=C(C)CN1C(=O)C(C)Oc2cc(NC(=O)c3ccc4c(c3)OCO4)ccc21. The molecule has 2 heterocycles. The smallest absolute Gasteiger partial charge is 0.268 e. The first kappa shape index (κ1) is 17.9. The first-order valence-electron chi connectivity index (χ1n) is 8.90. The van der Waals surface area contributed by atoms with E-state index in [9.17, 15) is 9.59 Å². The number of nitrogens with zero attached hydrogens (tertiary/aromatic N) is 1. The van der Waals surface area contributed by atoms with Gasteiger partial charge in [-0.15, -0.1) is 0 Å². The Hall–Kier alpha value is -3.48.